The predicted molar refractivity (Wildman–Crippen MR) is 111 cm³/mol. The molecule has 0 aliphatic heterocycles. The SMILES string of the molecule is C[C@H](Oc1ccc(C(=O)c2ccc(Cl)cc2)cc1)C(=O)Nc1ccccc1C#N. The monoisotopic (exact) mass is 404 g/mol. The molecule has 0 aromatic heterocycles. The van der Waals surface area contributed by atoms with Gasteiger partial charge in [-0.3, -0.25) is 9.59 Å². The van der Waals surface area contributed by atoms with E-state index < -0.39 is 6.10 Å². The summed E-state index contributed by atoms with van der Waals surface area (Å²) in [5.41, 5.74) is 1.84. The Kier molecular flexibility index (Phi) is 6.28. The third kappa shape index (κ3) is 5.01. The van der Waals surface area contributed by atoms with E-state index in [0.717, 1.165) is 0 Å². The second kappa shape index (κ2) is 9.05. The molecular formula is C23H17ClN2O3. The van der Waals surface area contributed by atoms with E-state index in [-0.39, 0.29) is 11.7 Å². The Morgan fingerprint density at radius 1 is 0.966 bits per heavy atom. The average molecular weight is 405 g/mol. The van der Waals surface area contributed by atoms with Crippen LogP contribution < -0.4 is 10.1 Å². The van der Waals surface area contributed by atoms with E-state index >= 15 is 0 Å². The predicted octanol–water partition coefficient (Wildman–Crippen LogP) is 4.85. The number of nitrogens with one attached hydrogen (secondary N) is 1. The van der Waals surface area contributed by atoms with Gasteiger partial charge in [0.05, 0.1) is 11.3 Å². The van der Waals surface area contributed by atoms with Crippen molar-refractivity contribution in [3.8, 4) is 11.8 Å². The van der Waals surface area contributed by atoms with E-state index in [1.807, 2.05) is 6.07 Å². The number of ketones is 1. The molecule has 3 aromatic rings. The fourth-order valence-electron chi connectivity index (χ4n) is 2.63. The molecule has 0 spiro atoms. The summed E-state index contributed by atoms with van der Waals surface area (Å²) in [7, 11) is 0. The van der Waals surface area contributed by atoms with Crippen molar-refractivity contribution in [1.82, 2.24) is 0 Å². The van der Waals surface area contributed by atoms with Gasteiger partial charge < -0.3 is 10.1 Å². The number of amides is 1. The summed E-state index contributed by atoms with van der Waals surface area (Å²) < 4.78 is 5.65. The van der Waals surface area contributed by atoms with Gasteiger partial charge in [0.15, 0.2) is 11.9 Å². The summed E-state index contributed by atoms with van der Waals surface area (Å²) >= 11 is 5.85. The molecule has 1 N–H and O–H groups in total. The van der Waals surface area contributed by atoms with Gasteiger partial charge in [-0.2, -0.15) is 5.26 Å². The van der Waals surface area contributed by atoms with Crippen LogP contribution in [-0.4, -0.2) is 17.8 Å². The Morgan fingerprint density at radius 2 is 1.55 bits per heavy atom. The molecule has 6 heteroatoms. The summed E-state index contributed by atoms with van der Waals surface area (Å²) in [6.45, 7) is 1.61. The number of hydrogen-bond acceptors (Lipinski definition) is 4. The number of hydrogen-bond donors (Lipinski definition) is 1. The first-order chi connectivity index (χ1) is 14.0. The number of para-hydroxylation sites is 1. The fourth-order valence-corrected chi connectivity index (χ4v) is 2.76. The largest absolute Gasteiger partial charge is 0.481 e. The van der Waals surface area contributed by atoms with Crippen molar-refractivity contribution in [2.24, 2.45) is 0 Å². The zero-order valence-corrected chi connectivity index (χ0v) is 16.3. The average Bonchev–Trinajstić information content (AvgIpc) is 2.74. The minimum absolute atomic E-state index is 0.132. The van der Waals surface area contributed by atoms with E-state index in [0.29, 0.717) is 33.1 Å². The highest BCUT2D eigenvalue weighted by molar-refractivity contribution is 6.30. The standard InChI is InChI=1S/C23H17ClN2O3/c1-15(23(28)26-21-5-3-2-4-18(21)14-25)29-20-12-8-17(9-13-20)22(27)16-6-10-19(24)11-7-16/h2-13,15H,1H3,(H,26,28)/t15-/m0/s1. The van der Waals surface area contributed by atoms with Crippen molar-refractivity contribution < 1.29 is 14.3 Å². The van der Waals surface area contributed by atoms with E-state index in [9.17, 15) is 9.59 Å². The third-order valence-corrected chi connectivity index (χ3v) is 4.46. The lowest BCUT2D eigenvalue weighted by Gasteiger charge is -2.15. The molecule has 0 heterocycles. The highest BCUT2D eigenvalue weighted by Gasteiger charge is 2.17. The molecule has 29 heavy (non-hydrogen) atoms. The lowest BCUT2D eigenvalue weighted by molar-refractivity contribution is -0.122. The van der Waals surface area contributed by atoms with Crippen molar-refractivity contribution in [2.45, 2.75) is 13.0 Å². The van der Waals surface area contributed by atoms with Crippen LogP contribution in [0.15, 0.2) is 72.8 Å². The van der Waals surface area contributed by atoms with Crippen LogP contribution in [0.3, 0.4) is 0 Å². The van der Waals surface area contributed by atoms with Crippen LogP contribution in [0.1, 0.15) is 28.4 Å². The van der Waals surface area contributed by atoms with Crippen molar-refractivity contribution in [2.75, 3.05) is 5.32 Å². The number of carbonyl (C=O) groups is 2. The number of benzene rings is 3. The second-order valence-corrected chi connectivity index (χ2v) is 6.70. The number of halogens is 1. The maximum absolute atomic E-state index is 12.5. The number of ether oxygens (including phenoxy) is 1. The van der Waals surface area contributed by atoms with Crippen LogP contribution in [0.2, 0.25) is 5.02 Å². The summed E-state index contributed by atoms with van der Waals surface area (Å²) in [5, 5.41) is 12.4. The lowest BCUT2D eigenvalue weighted by atomic mass is 10.0. The zero-order valence-electron chi connectivity index (χ0n) is 15.6. The molecule has 0 radical (unpaired) electrons. The number of carbonyl (C=O) groups excluding carboxylic acids is 2. The molecule has 3 aromatic carbocycles. The summed E-state index contributed by atoms with van der Waals surface area (Å²) in [6, 6.07) is 22.0. The molecular weight excluding hydrogens is 388 g/mol. The quantitative estimate of drug-likeness (QED) is 0.595. The normalized spacial score (nSPS) is 11.2. The minimum atomic E-state index is -0.792. The highest BCUT2D eigenvalue weighted by Crippen LogP contribution is 2.19. The first-order valence-corrected chi connectivity index (χ1v) is 9.22. The molecule has 0 aliphatic carbocycles. The van der Waals surface area contributed by atoms with E-state index in [4.69, 9.17) is 21.6 Å². The van der Waals surface area contributed by atoms with Crippen LogP contribution in [-0.2, 0) is 4.79 Å². The Balaban J connectivity index is 1.64. The van der Waals surface area contributed by atoms with Crippen LogP contribution in [0.5, 0.6) is 5.75 Å². The maximum atomic E-state index is 12.5. The Labute approximate surface area is 173 Å². The van der Waals surface area contributed by atoms with Gasteiger partial charge in [0.25, 0.3) is 5.91 Å². The van der Waals surface area contributed by atoms with E-state index in [1.54, 1.807) is 79.7 Å². The molecule has 1 atom stereocenters. The fraction of sp³-hybridized carbons (Fsp3) is 0.0870. The van der Waals surface area contributed by atoms with E-state index in [1.165, 1.54) is 0 Å². The summed E-state index contributed by atoms with van der Waals surface area (Å²) in [6.07, 6.45) is -0.792. The van der Waals surface area contributed by atoms with Crippen molar-refractivity contribution in [3.05, 3.63) is 94.5 Å². The molecule has 0 aliphatic rings. The highest BCUT2D eigenvalue weighted by atomic mass is 35.5. The molecule has 0 saturated carbocycles. The third-order valence-electron chi connectivity index (χ3n) is 4.21. The van der Waals surface area contributed by atoms with Gasteiger partial charge >= 0.3 is 0 Å². The molecule has 3 rings (SSSR count). The van der Waals surface area contributed by atoms with Crippen LogP contribution in [0, 0.1) is 11.3 Å². The summed E-state index contributed by atoms with van der Waals surface area (Å²) in [4.78, 5) is 24.9. The molecule has 1 amide bonds. The molecule has 0 bridgehead atoms. The first-order valence-electron chi connectivity index (χ1n) is 8.85. The van der Waals surface area contributed by atoms with Crippen molar-refractivity contribution in [1.29, 1.82) is 5.26 Å². The number of nitriles is 1. The van der Waals surface area contributed by atoms with Crippen LogP contribution >= 0.6 is 11.6 Å². The molecule has 5 nitrogen and oxygen atoms in total. The van der Waals surface area contributed by atoms with Gasteiger partial charge in [0, 0.05) is 16.1 Å². The number of nitrogens with zero attached hydrogens (tertiary/aromatic N) is 1. The van der Waals surface area contributed by atoms with Gasteiger partial charge in [-0.1, -0.05) is 23.7 Å². The maximum Gasteiger partial charge on any atom is 0.265 e. The molecule has 0 unspecified atom stereocenters. The Bertz CT molecular complexity index is 1070. The van der Waals surface area contributed by atoms with Crippen molar-refractivity contribution in [3.63, 3.8) is 0 Å². The zero-order chi connectivity index (χ0) is 20.8. The van der Waals surface area contributed by atoms with Gasteiger partial charge in [0.2, 0.25) is 0 Å². The minimum Gasteiger partial charge on any atom is -0.481 e. The van der Waals surface area contributed by atoms with Crippen LogP contribution in [0.25, 0.3) is 0 Å². The molecule has 0 fully saturated rings. The van der Waals surface area contributed by atoms with Crippen molar-refractivity contribution >= 4 is 29.0 Å². The Hall–Kier alpha value is -3.62. The second-order valence-electron chi connectivity index (χ2n) is 6.27. The topological polar surface area (TPSA) is 79.2 Å². The van der Waals surface area contributed by atoms with Crippen LogP contribution in [0.4, 0.5) is 5.69 Å². The van der Waals surface area contributed by atoms with Gasteiger partial charge in [-0.05, 0) is 67.6 Å². The summed E-state index contributed by atoms with van der Waals surface area (Å²) in [5.74, 6) is -0.0602. The Morgan fingerprint density at radius 3 is 2.17 bits per heavy atom. The number of anilines is 1. The van der Waals surface area contributed by atoms with Gasteiger partial charge in [0.1, 0.15) is 11.8 Å². The molecule has 144 valence electrons. The van der Waals surface area contributed by atoms with Gasteiger partial charge in [-0.15, -0.1) is 0 Å². The molecule has 0 saturated heterocycles. The number of rotatable bonds is 6. The van der Waals surface area contributed by atoms with Gasteiger partial charge in [-0.25, -0.2) is 0 Å². The van der Waals surface area contributed by atoms with E-state index in [2.05, 4.69) is 5.32 Å². The first kappa shape index (κ1) is 20.1. The smallest absolute Gasteiger partial charge is 0.265 e. The lowest BCUT2D eigenvalue weighted by Crippen LogP contribution is -2.30.